The Kier molecular flexibility index (Phi) is 6.55. The lowest BCUT2D eigenvalue weighted by Crippen LogP contribution is -2.31. The number of rotatable bonds is 7. The Morgan fingerprint density at radius 2 is 2.00 bits per heavy atom. The summed E-state index contributed by atoms with van der Waals surface area (Å²) >= 11 is 5.74. The largest absolute Gasteiger partial charge is 0.469 e. The molecule has 7 heteroatoms. The number of carbonyl (C=O) groups excluding carboxylic acids is 1. The first-order chi connectivity index (χ1) is 15.5. The topological polar surface area (TPSA) is 59.4 Å². The summed E-state index contributed by atoms with van der Waals surface area (Å²) in [4.78, 5) is 18.4. The van der Waals surface area contributed by atoms with Gasteiger partial charge in [0.2, 0.25) is 0 Å². The number of hydrogen-bond donors (Lipinski definition) is 1. The number of methoxy groups -OCH3 is 1. The third-order valence-electron chi connectivity index (χ3n) is 6.06. The summed E-state index contributed by atoms with van der Waals surface area (Å²) in [7, 11) is 1.42. The lowest BCUT2D eigenvalue weighted by Gasteiger charge is -2.29. The van der Waals surface area contributed by atoms with E-state index in [2.05, 4.69) is 70.1 Å². The molecule has 2 atom stereocenters. The highest BCUT2D eigenvalue weighted by molar-refractivity contribution is 7.80. The van der Waals surface area contributed by atoms with Gasteiger partial charge in [-0.2, -0.15) is 0 Å². The van der Waals surface area contributed by atoms with E-state index in [4.69, 9.17) is 17.0 Å². The van der Waals surface area contributed by atoms with Crippen molar-refractivity contribution in [2.24, 2.45) is 0 Å². The number of nitrogens with zero attached hydrogens (tertiary/aromatic N) is 3. The van der Waals surface area contributed by atoms with Crippen molar-refractivity contribution in [1.29, 1.82) is 0 Å². The van der Waals surface area contributed by atoms with Crippen LogP contribution in [0.25, 0.3) is 5.69 Å². The molecule has 3 heterocycles. The van der Waals surface area contributed by atoms with Crippen molar-refractivity contribution >= 4 is 23.3 Å². The van der Waals surface area contributed by atoms with Crippen LogP contribution in [0.2, 0.25) is 0 Å². The average Bonchev–Trinajstić information content (AvgIpc) is 3.40. The summed E-state index contributed by atoms with van der Waals surface area (Å²) in [6.07, 6.45) is 4.90. The monoisotopic (exact) mass is 448 g/mol. The summed E-state index contributed by atoms with van der Waals surface area (Å²) in [5, 5.41) is 4.15. The van der Waals surface area contributed by atoms with E-state index in [1.165, 1.54) is 18.2 Å². The molecule has 1 fully saturated rings. The number of nitrogens with one attached hydrogen (secondary N) is 1. The van der Waals surface area contributed by atoms with Crippen molar-refractivity contribution in [2.45, 2.75) is 38.8 Å². The Balaban J connectivity index is 1.72. The maximum atomic E-state index is 11.7. The Morgan fingerprint density at radius 1 is 1.16 bits per heavy atom. The molecule has 6 nitrogen and oxygen atoms in total. The first kappa shape index (κ1) is 22.0. The summed E-state index contributed by atoms with van der Waals surface area (Å²) in [5.74, 6) is -0.209. The Morgan fingerprint density at radius 3 is 2.72 bits per heavy atom. The molecule has 0 amide bonds. The summed E-state index contributed by atoms with van der Waals surface area (Å²) in [6.45, 7) is 4.90. The van der Waals surface area contributed by atoms with Gasteiger partial charge in [-0.15, -0.1) is 0 Å². The van der Waals surface area contributed by atoms with Crippen molar-refractivity contribution in [3.8, 4) is 5.69 Å². The molecule has 0 unspecified atom stereocenters. The van der Waals surface area contributed by atoms with Crippen LogP contribution in [0.15, 0.2) is 60.9 Å². The van der Waals surface area contributed by atoms with Crippen LogP contribution < -0.4 is 5.32 Å². The molecule has 1 aliphatic rings. The van der Waals surface area contributed by atoms with E-state index < -0.39 is 0 Å². The van der Waals surface area contributed by atoms with Gasteiger partial charge in [0.15, 0.2) is 5.11 Å². The third-order valence-corrected chi connectivity index (χ3v) is 6.41. The lowest BCUT2D eigenvalue weighted by molar-refractivity contribution is -0.140. The van der Waals surface area contributed by atoms with Crippen LogP contribution in [-0.2, 0) is 9.53 Å². The van der Waals surface area contributed by atoms with Crippen LogP contribution in [0.5, 0.6) is 0 Å². The van der Waals surface area contributed by atoms with Gasteiger partial charge in [-0.05, 0) is 80.0 Å². The second kappa shape index (κ2) is 9.53. The minimum atomic E-state index is -0.209. The first-order valence-electron chi connectivity index (χ1n) is 10.8. The predicted molar refractivity (Wildman–Crippen MR) is 129 cm³/mol. The number of esters is 1. The average molecular weight is 449 g/mol. The van der Waals surface area contributed by atoms with E-state index in [1.807, 2.05) is 18.2 Å². The van der Waals surface area contributed by atoms with Crippen molar-refractivity contribution in [2.75, 3.05) is 13.7 Å². The van der Waals surface area contributed by atoms with Gasteiger partial charge in [0, 0.05) is 36.7 Å². The summed E-state index contributed by atoms with van der Waals surface area (Å²) in [6, 6.07) is 16.5. The zero-order valence-electron chi connectivity index (χ0n) is 18.6. The molecule has 0 bridgehead atoms. The van der Waals surface area contributed by atoms with Gasteiger partial charge < -0.3 is 19.5 Å². The third kappa shape index (κ3) is 4.39. The van der Waals surface area contributed by atoms with E-state index >= 15 is 0 Å². The molecular formula is C25H28N4O2S. The molecule has 4 rings (SSSR count). The van der Waals surface area contributed by atoms with Crippen molar-refractivity contribution < 1.29 is 9.53 Å². The predicted octanol–water partition coefficient (Wildman–Crippen LogP) is 4.41. The second-order valence-electron chi connectivity index (χ2n) is 8.07. The van der Waals surface area contributed by atoms with Crippen molar-refractivity contribution in [3.05, 3.63) is 83.4 Å². The highest BCUT2D eigenvalue weighted by Crippen LogP contribution is 2.39. The fraction of sp³-hybridized carbons (Fsp3) is 0.320. The molecule has 1 aromatic carbocycles. The van der Waals surface area contributed by atoms with Crippen LogP contribution >= 0.6 is 12.2 Å². The van der Waals surface area contributed by atoms with Crippen LogP contribution in [0.3, 0.4) is 0 Å². The van der Waals surface area contributed by atoms with Crippen LogP contribution in [0.1, 0.15) is 47.4 Å². The molecule has 1 N–H and O–H groups in total. The van der Waals surface area contributed by atoms with Gasteiger partial charge in [0.1, 0.15) is 0 Å². The van der Waals surface area contributed by atoms with Crippen LogP contribution in [0.4, 0.5) is 0 Å². The standard InChI is InChI=1S/C25H28N4O2S/c1-17-11-12-19(16-18(17)2)28-14-6-9-21(28)24-23(20-8-4-5-13-26-20)27-25(32)29(24)15-7-10-22(30)31-3/h4-6,8-9,11-14,16,23-24H,7,10,15H2,1-3H3,(H,27,32)/t23-,24+/m1/s1. The molecule has 0 saturated carbocycles. The number of ether oxygens (including phenoxy) is 1. The minimum absolute atomic E-state index is 0.0633. The van der Waals surface area contributed by atoms with Gasteiger partial charge in [0.05, 0.1) is 24.9 Å². The van der Waals surface area contributed by atoms with E-state index in [0.717, 1.165) is 17.1 Å². The highest BCUT2D eigenvalue weighted by Gasteiger charge is 2.41. The molecule has 2 aromatic heterocycles. The maximum absolute atomic E-state index is 11.7. The highest BCUT2D eigenvalue weighted by atomic mass is 32.1. The quantitative estimate of drug-likeness (QED) is 0.427. The molecule has 1 saturated heterocycles. The van der Waals surface area contributed by atoms with E-state index in [-0.39, 0.29) is 18.1 Å². The molecule has 166 valence electrons. The van der Waals surface area contributed by atoms with E-state index in [1.54, 1.807) is 6.20 Å². The number of carbonyl (C=O) groups is 1. The first-order valence-corrected chi connectivity index (χ1v) is 11.2. The fourth-order valence-electron chi connectivity index (χ4n) is 4.21. The van der Waals surface area contributed by atoms with Gasteiger partial charge in [-0.1, -0.05) is 12.1 Å². The molecule has 32 heavy (non-hydrogen) atoms. The molecular weight excluding hydrogens is 420 g/mol. The van der Waals surface area contributed by atoms with Crippen molar-refractivity contribution in [1.82, 2.24) is 19.8 Å². The Hall–Kier alpha value is -3.19. The molecule has 3 aromatic rings. The number of benzene rings is 1. The normalized spacial score (nSPS) is 18.0. The zero-order chi connectivity index (χ0) is 22.7. The number of aryl methyl sites for hydroxylation is 2. The number of hydrogen-bond acceptors (Lipinski definition) is 4. The van der Waals surface area contributed by atoms with Gasteiger partial charge in [-0.3, -0.25) is 9.78 Å². The molecule has 1 aliphatic heterocycles. The number of thiocarbonyl (C=S) groups is 1. The van der Waals surface area contributed by atoms with Gasteiger partial charge in [-0.25, -0.2) is 0 Å². The molecule has 0 radical (unpaired) electrons. The second-order valence-corrected chi connectivity index (χ2v) is 8.46. The zero-order valence-corrected chi connectivity index (χ0v) is 19.4. The SMILES string of the molecule is COC(=O)CCCN1C(=S)N[C@H](c2ccccn2)[C@@H]1c1cccn1-c1ccc(C)c(C)c1. The number of pyridine rings is 1. The van der Waals surface area contributed by atoms with Gasteiger partial charge in [0.25, 0.3) is 0 Å². The minimum Gasteiger partial charge on any atom is -0.469 e. The molecule has 0 aliphatic carbocycles. The van der Waals surface area contributed by atoms with Crippen LogP contribution in [-0.4, -0.2) is 39.2 Å². The van der Waals surface area contributed by atoms with E-state index in [9.17, 15) is 4.79 Å². The summed E-state index contributed by atoms with van der Waals surface area (Å²) < 4.78 is 7.03. The Labute approximate surface area is 194 Å². The summed E-state index contributed by atoms with van der Waals surface area (Å²) in [5.41, 5.74) is 5.68. The Bertz CT molecular complexity index is 1110. The van der Waals surface area contributed by atoms with Crippen LogP contribution in [0, 0.1) is 13.8 Å². The lowest BCUT2D eigenvalue weighted by atomic mass is 10.0. The smallest absolute Gasteiger partial charge is 0.305 e. The molecule has 0 spiro atoms. The van der Waals surface area contributed by atoms with E-state index in [0.29, 0.717) is 24.5 Å². The number of aromatic nitrogens is 2. The fourth-order valence-corrected chi connectivity index (χ4v) is 4.54. The van der Waals surface area contributed by atoms with Crippen molar-refractivity contribution in [3.63, 3.8) is 0 Å². The van der Waals surface area contributed by atoms with Gasteiger partial charge >= 0.3 is 5.97 Å². The maximum Gasteiger partial charge on any atom is 0.305 e.